The average Bonchev–Trinajstić information content (AvgIpc) is 2.91. The van der Waals surface area contributed by atoms with Crippen LogP contribution < -0.4 is 5.32 Å². The molecular formula is C16H19BrN2O2. The standard InChI is InChI=1S/C16H19BrN2O2/c1-3-19(2)10-13-6-4-5-12(7-13)9-18-16(20)14-8-15(17)21-11-14/h4-8,11H,3,9-10H2,1-2H3,(H,18,20). The number of hydrogen-bond acceptors (Lipinski definition) is 3. The maximum absolute atomic E-state index is 11.9. The number of nitrogens with one attached hydrogen (secondary N) is 1. The van der Waals surface area contributed by atoms with Crippen LogP contribution in [0.2, 0.25) is 0 Å². The normalized spacial score (nSPS) is 10.9. The molecule has 0 aliphatic rings. The van der Waals surface area contributed by atoms with Crippen LogP contribution in [-0.4, -0.2) is 24.4 Å². The molecule has 0 radical (unpaired) electrons. The Morgan fingerprint density at radius 2 is 2.10 bits per heavy atom. The lowest BCUT2D eigenvalue weighted by Crippen LogP contribution is -2.22. The minimum atomic E-state index is -0.138. The Labute approximate surface area is 133 Å². The Balaban J connectivity index is 1.94. The quantitative estimate of drug-likeness (QED) is 0.867. The summed E-state index contributed by atoms with van der Waals surface area (Å²) in [6.07, 6.45) is 1.44. The fourth-order valence-corrected chi connectivity index (χ4v) is 2.32. The van der Waals surface area contributed by atoms with E-state index in [1.807, 2.05) is 12.1 Å². The van der Waals surface area contributed by atoms with Crippen molar-refractivity contribution in [3.05, 3.63) is 58.0 Å². The van der Waals surface area contributed by atoms with E-state index in [9.17, 15) is 4.79 Å². The molecule has 0 bridgehead atoms. The smallest absolute Gasteiger partial charge is 0.254 e. The highest BCUT2D eigenvalue weighted by molar-refractivity contribution is 9.10. The van der Waals surface area contributed by atoms with Crippen LogP contribution in [0, 0.1) is 0 Å². The van der Waals surface area contributed by atoms with E-state index in [4.69, 9.17) is 4.42 Å². The molecule has 0 atom stereocenters. The molecule has 1 aromatic heterocycles. The molecule has 2 aromatic rings. The first-order chi connectivity index (χ1) is 10.1. The largest absolute Gasteiger partial charge is 0.457 e. The summed E-state index contributed by atoms with van der Waals surface area (Å²) in [6.45, 7) is 4.56. The van der Waals surface area contributed by atoms with E-state index in [0.717, 1.165) is 18.7 Å². The van der Waals surface area contributed by atoms with Gasteiger partial charge in [-0.15, -0.1) is 0 Å². The minimum Gasteiger partial charge on any atom is -0.457 e. The monoisotopic (exact) mass is 350 g/mol. The van der Waals surface area contributed by atoms with Gasteiger partial charge >= 0.3 is 0 Å². The van der Waals surface area contributed by atoms with Gasteiger partial charge in [-0.2, -0.15) is 0 Å². The molecule has 21 heavy (non-hydrogen) atoms. The molecule has 0 spiro atoms. The van der Waals surface area contributed by atoms with Crippen LogP contribution in [0.4, 0.5) is 0 Å². The first kappa shape index (κ1) is 15.8. The van der Waals surface area contributed by atoms with Crippen LogP contribution >= 0.6 is 15.9 Å². The number of amides is 1. The lowest BCUT2D eigenvalue weighted by Gasteiger charge is -2.14. The number of carbonyl (C=O) groups is 1. The third-order valence-electron chi connectivity index (χ3n) is 3.27. The molecule has 0 unspecified atom stereocenters. The molecule has 1 aromatic carbocycles. The van der Waals surface area contributed by atoms with Gasteiger partial charge in [-0.05, 0) is 40.6 Å². The second-order valence-corrected chi connectivity index (χ2v) is 5.75. The van der Waals surface area contributed by atoms with Crippen LogP contribution in [-0.2, 0) is 13.1 Å². The Kier molecular flexibility index (Phi) is 5.59. The Morgan fingerprint density at radius 1 is 1.33 bits per heavy atom. The van der Waals surface area contributed by atoms with E-state index in [0.29, 0.717) is 16.8 Å². The zero-order valence-electron chi connectivity index (χ0n) is 12.2. The molecule has 0 aliphatic carbocycles. The Morgan fingerprint density at radius 3 is 2.76 bits per heavy atom. The summed E-state index contributed by atoms with van der Waals surface area (Å²) < 4.78 is 5.62. The van der Waals surface area contributed by atoms with Crippen LogP contribution in [0.5, 0.6) is 0 Å². The van der Waals surface area contributed by atoms with Crippen molar-refractivity contribution in [1.82, 2.24) is 10.2 Å². The summed E-state index contributed by atoms with van der Waals surface area (Å²) in [5.74, 6) is -0.138. The van der Waals surface area contributed by atoms with Crippen LogP contribution in [0.1, 0.15) is 28.4 Å². The van der Waals surface area contributed by atoms with Crippen LogP contribution in [0.3, 0.4) is 0 Å². The van der Waals surface area contributed by atoms with Gasteiger partial charge in [0.25, 0.3) is 5.91 Å². The van der Waals surface area contributed by atoms with E-state index in [-0.39, 0.29) is 5.91 Å². The molecule has 0 saturated heterocycles. The predicted octanol–water partition coefficient (Wildman–Crippen LogP) is 3.42. The summed E-state index contributed by atoms with van der Waals surface area (Å²) in [5, 5.41) is 2.89. The highest BCUT2D eigenvalue weighted by atomic mass is 79.9. The molecule has 4 nitrogen and oxygen atoms in total. The highest BCUT2D eigenvalue weighted by Gasteiger charge is 2.08. The Bertz CT molecular complexity index is 610. The third-order valence-corrected chi connectivity index (χ3v) is 3.68. The van der Waals surface area contributed by atoms with Gasteiger partial charge in [0.1, 0.15) is 6.26 Å². The summed E-state index contributed by atoms with van der Waals surface area (Å²) in [4.78, 5) is 14.2. The highest BCUT2D eigenvalue weighted by Crippen LogP contribution is 2.14. The predicted molar refractivity (Wildman–Crippen MR) is 86.0 cm³/mol. The van der Waals surface area contributed by atoms with Crippen molar-refractivity contribution in [3.63, 3.8) is 0 Å². The van der Waals surface area contributed by atoms with Gasteiger partial charge in [-0.25, -0.2) is 0 Å². The Hall–Kier alpha value is -1.59. The van der Waals surface area contributed by atoms with Crippen LogP contribution in [0.15, 0.2) is 45.7 Å². The SMILES string of the molecule is CCN(C)Cc1cccc(CNC(=O)c2coc(Br)c2)c1. The second-order valence-electron chi connectivity index (χ2n) is 4.97. The van der Waals surface area contributed by atoms with Crippen molar-refractivity contribution in [1.29, 1.82) is 0 Å². The minimum absolute atomic E-state index is 0.138. The lowest BCUT2D eigenvalue weighted by atomic mass is 10.1. The van der Waals surface area contributed by atoms with Crippen molar-refractivity contribution in [2.45, 2.75) is 20.0 Å². The van der Waals surface area contributed by atoms with Gasteiger partial charge in [0.05, 0.1) is 5.56 Å². The third kappa shape index (κ3) is 4.72. The average molecular weight is 351 g/mol. The van der Waals surface area contributed by atoms with Crippen molar-refractivity contribution >= 4 is 21.8 Å². The number of nitrogens with zero attached hydrogens (tertiary/aromatic N) is 1. The van der Waals surface area contributed by atoms with E-state index in [2.05, 4.69) is 52.3 Å². The molecule has 112 valence electrons. The van der Waals surface area contributed by atoms with E-state index < -0.39 is 0 Å². The molecular weight excluding hydrogens is 332 g/mol. The lowest BCUT2D eigenvalue weighted by molar-refractivity contribution is 0.0950. The summed E-state index contributed by atoms with van der Waals surface area (Å²) in [7, 11) is 2.09. The number of furan rings is 1. The van der Waals surface area contributed by atoms with Gasteiger partial charge in [0, 0.05) is 19.2 Å². The van der Waals surface area contributed by atoms with E-state index in [1.54, 1.807) is 6.07 Å². The molecule has 5 heteroatoms. The zero-order valence-corrected chi connectivity index (χ0v) is 13.8. The van der Waals surface area contributed by atoms with Crippen LogP contribution in [0.25, 0.3) is 0 Å². The van der Waals surface area contributed by atoms with Crippen molar-refractivity contribution in [3.8, 4) is 0 Å². The molecule has 1 heterocycles. The number of benzene rings is 1. The van der Waals surface area contributed by atoms with E-state index in [1.165, 1.54) is 11.8 Å². The summed E-state index contributed by atoms with van der Waals surface area (Å²) in [6, 6.07) is 9.92. The molecule has 0 fully saturated rings. The first-order valence-electron chi connectivity index (χ1n) is 6.87. The van der Waals surface area contributed by atoms with Gasteiger partial charge in [-0.1, -0.05) is 31.2 Å². The zero-order chi connectivity index (χ0) is 15.2. The fraction of sp³-hybridized carbons (Fsp3) is 0.312. The van der Waals surface area contributed by atoms with E-state index >= 15 is 0 Å². The molecule has 1 amide bonds. The van der Waals surface area contributed by atoms with Gasteiger partial charge < -0.3 is 14.6 Å². The topological polar surface area (TPSA) is 45.5 Å². The molecule has 2 rings (SSSR count). The molecule has 1 N–H and O–H groups in total. The maximum Gasteiger partial charge on any atom is 0.254 e. The number of carbonyl (C=O) groups excluding carboxylic acids is 1. The van der Waals surface area contributed by atoms with Gasteiger partial charge in [-0.3, -0.25) is 4.79 Å². The summed E-state index contributed by atoms with van der Waals surface area (Å²) in [5.41, 5.74) is 2.86. The van der Waals surface area contributed by atoms with Gasteiger partial charge in [0.15, 0.2) is 4.67 Å². The number of rotatable bonds is 6. The molecule has 0 aliphatic heterocycles. The van der Waals surface area contributed by atoms with Crippen molar-refractivity contribution in [2.24, 2.45) is 0 Å². The molecule has 0 saturated carbocycles. The van der Waals surface area contributed by atoms with Gasteiger partial charge in [0.2, 0.25) is 0 Å². The maximum atomic E-state index is 11.9. The van der Waals surface area contributed by atoms with Crippen molar-refractivity contribution < 1.29 is 9.21 Å². The fourth-order valence-electron chi connectivity index (χ4n) is 1.97. The second kappa shape index (κ2) is 7.43. The van der Waals surface area contributed by atoms with Crippen molar-refractivity contribution in [2.75, 3.05) is 13.6 Å². The first-order valence-corrected chi connectivity index (χ1v) is 7.66. The summed E-state index contributed by atoms with van der Waals surface area (Å²) >= 11 is 3.18. The number of halogens is 1. The number of hydrogen-bond donors (Lipinski definition) is 1.